The number of rotatable bonds is 8. The molecule has 0 fully saturated rings. The van der Waals surface area contributed by atoms with E-state index in [2.05, 4.69) is 36.0 Å². The van der Waals surface area contributed by atoms with Crippen LogP contribution in [-0.4, -0.2) is 40.0 Å². The van der Waals surface area contributed by atoms with Crippen LogP contribution < -0.4 is 4.90 Å². The molecule has 1 N–H and O–H groups in total. The maximum atomic E-state index is 9.11. The van der Waals surface area contributed by atoms with Crippen molar-refractivity contribution in [2.45, 2.75) is 46.5 Å². The fraction of sp³-hybridized carbons (Fsp3) is 0.769. The molecule has 0 saturated carbocycles. The Balaban J connectivity index is 2.89. The molecule has 0 aliphatic heterocycles. The fourth-order valence-electron chi connectivity index (χ4n) is 1.84. The van der Waals surface area contributed by atoms with Gasteiger partial charge in [0.25, 0.3) is 0 Å². The van der Waals surface area contributed by atoms with Gasteiger partial charge in [0, 0.05) is 13.1 Å². The monoisotopic (exact) mass is 252 g/mol. The van der Waals surface area contributed by atoms with Gasteiger partial charge in [-0.15, -0.1) is 5.10 Å². The number of aromatic nitrogens is 3. The molecule has 0 unspecified atom stereocenters. The van der Waals surface area contributed by atoms with E-state index in [1.165, 1.54) is 0 Å². The topological polar surface area (TPSA) is 62.1 Å². The highest BCUT2D eigenvalue weighted by Gasteiger charge is 2.12. The summed E-state index contributed by atoms with van der Waals surface area (Å²) in [6.07, 6.45) is 3.91. The second-order valence-corrected chi connectivity index (χ2v) is 4.28. The van der Waals surface area contributed by atoms with E-state index in [0.29, 0.717) is 12.5 Å². The first-order valence-corrected chi connectivity index (χ1v) is 6.85. The van der Waals surface area contributed by atoms with Crippen LogP contribution in [0.4, 0.5) is 5.95 Å². The Labute approximate surface area is 109 Å². The van der Waals surface area contributed by atoms with Crippen LogP contribution in [0.1, 0.15) is 45.0 Å². The summed E-state index contributed by atoms with van der Waals surface area (Å²) in [6, 6.07) is 0. The molecular formula is C13H24N4O. The number of anilines is 1. The molecular weight excluding hydrogens is 228 g/mol. The lowest BCUT2D eigenvalue weighted by atomic mass is 10.2. The number of hydrogen-bond donors (Lipinski definition) is 1. The van der Waals surface area contributed by atoms with E-state index in [1.807, 2.05) is 4.90 Å². The highest BCUT2D eigenvalue weighted by Crippen LogP contribution is 2.11. The normalized spacial score (nSPS) is 10.7. The summed E-state index contributed by atoms with van der Waals surface area (Å²) in [7, 11) is 0. The van der Waals surface area contributed by atoms with Crippen molar-refractivity contribution in [3.05, 3.63) is 11.4 Å². The maximum Gasteiger partial charge on any atom is 0.245 e. The minimum Gasteiger partial charge on any atom is -0.395 e. The summed E-state index contributed by atoms with van der Waals surface area (Å²) in [6.45, 7) is 7.84. The molecule has 1 heterocycles. The summed E-state index contributed by atoms with van der Waals surface area (Å²) in [5.74, 6) is 0.645. The van der Waals surface area contributed by atoms with E-state index < -0.39 is 0 Å². The van der Waals surface area contributed by atoms with Gasteiger partial charge in [-0.2, -0.15) is 5.10 Å². The van der Waals surface area contributed by atoms with Gasteiger partial charge < -0.3 is 10.0 Å². The lowest BCUT2D eigenvalue weighted by Crippen LogP contribution is -2.30. The Morgan fingerprint density at radius 2 is 1.72 bits per heavy atom. The van der Waals surface area contributed by atoms with Crippen molar-refractivity contribution >= 4 is 5.95 Å². The first-order chi connectivity index (χ1) is 8.76. The quantitative estimate of drug-likeness (QED) is 0.761. The van der Waals surface area contributed by atoms with Crippen molar-refractivity contribution in [1.29, 1.82) is 0 Å². The second-order valence-electron chi connectivity index (χ2n) is 4.28. The summed E-state index contributed by atoms with van der Waals surface area (Å²) in [5, 5.41) is 17.5. The van der Waals surface area contributed by atoms with Crippen LogP contribution in [0.25, 0.3) is 0 Å². The van der Waals surface area contributed by atoms with Crippen molar-refractivity contribution in [3.8, 4) is 0 Å². The van der Waals surface area contributed by atoms with Gasteiger partial charge in [-0.1, -0.05) is 27.2 Å². The minimum atomic E-state index is 0.115. The zero-order chi connectivity index (χ0) is 13.4. The molecule has 102 valence electrons. The highest BCUT2D eigenvalue weighted by molar-refractivity contribution is 5.30. The smallest absolute Gasteiger partial charge is 0.245 e. The molecule has 0 spiro atoms. The van der Waals surface area contributed by atoms with E-state index in [4.69, 9.17) is 5.11 Å². The predicted octanol–water partition coefficient (Wildman–Crippen LogP) is 1.60. The van der Waals surface area contributed by atoms with Gasteiger partial charge in [0.2, 0.25) is 5.95 Å². The van der Waals surface area contributed by atoms with Crippen molar-refractivity contribution in [2.75, 3.05) is 24.6 Å². The van der Waals surface area contributed by atoms with E-state index in [0.717, 1.165) is 43.6 Å². The first kappa shape index (κ1) is 14.8. The molecule has 0 amide bonds. The molecule has 0 radical (unpaired) electrons. The van der Waals surface area contributed by atoms with Gasteiger partial charge in [0.05, 0.1) is 18.0 Å². The molecule has 0 atom stereocenters. The number of unbranched alkanes of at least 4 members (excludes halogenated alkanes) is 1. The van der Waals surface area contributed by atoms with E-state index in [1.54, 1.807) is 0 Å². The number of aryl methyl sites for hydroxylation is 2. The number of hydrogen-bond acceptors (Lipinski definition) is 5. The average molecular weight is 252 g/mol. The minimum absolute atomic E-state index is 0.115. The van der Waals surface area contributed by atoms with Gasteiger partial charge in [-0.25, -0.2) is 4.98 Å². The standard InChI is InChI=1S/C13H24N4O/c1-4-7-8-17(9-10-18)13-14-11(5-2)12(6-3)15-16-13/h18H,4-10H2,1-3H3. The largest absolute Gasteiger partial charge is 0.395 e. The molecule has 1 rings (SSSR count). The van der Waals surface area contributed by atoms with Crippen LogP contribution in [0.15, 0.2) is 0 Å². The Morgan fingerprint density at radius 3 is 2.28 bits per heavy atom. The summed E-state index contributed by atoms with van der Waals surface area (Å²) < 4.78 is 0. The van der Waals surface area contributed by atoms with Gasteiger partial charge in [0.1, 0.15) is 0 Å². The number of aliphatic hydroxyl groups excluding tert-OH is 1. The molecule has 0 aliphatic carbocycles. The first-order valence-electron chi connectivity index (χ1n) is 6.85. The Hall–Kier alpha value is -1.23. The predicted molar refractivity (Wildman–Crippen MR) is 72.8 cm³/mol. The third-order valence-corrected chi connectivity index (χ3v) is 2.93. The van der Waals surface area contributed by atoms with Gasteiger partial charge in [-0.3, -0.25) is 0 Å². The number of aliphatic hydroxyl groups is 1. The van der Waals surface area contributed by atoms with Crippen molar-refractivity contribution in [1.82, 2.24) is 15.2 Å². The summed E-state index contributed by atoms with van der Waals surface area (Å²) in [5.41, 5.74) is 1.99. The van der Waals surface area contributed by atoms with Crippen molar-refractivity contribution in [2.24, 2.45) is 0 Å². The van der Waals surface area contributed by atoms with Crippen LogP contribution in [0, 0.1) is 0 Å². The third-order valence-electron chi connectivity index (χ3n) is 2.93. The Morgan fingerprint density at radius 1 is 1.00 bits per heavy atom. The van der Waals surface area contributed by atoms with Crippen molar-refractivity contribution < 1.29 is 5.11 Å². The Bertz CT molecular complexity index is 357. The van der Waals surface area contributed by atoms with Crippen LogP contribution in [0.3, 0.4) is 0 Å². The van der Waals surface area contributed by atoms with Crippen LogP contribution in [0.5, 0.6) is 0 Å². The van der Waals surface area contributed by atoms with Crippen LogP contribution in [0.2, 0.25) is 0 Å². The van der Waals surface area contributed by atoms with Crippen LogP contribution >= 0.6 is 0 Å². The second kappa shape index (κ2) is 7.97. The molecule has 1 aromatic heterocycles. The van der Waals surface area contributed by atoms with E-state index in [9.17, 15) is 0 Å². The zero-order valence-corrected chi connectivity index (χ0v) is 11.7. The number of nitrogens with zero attached hydrogens (tertiary/aromatic N) is 4. The summed E-state index contributed by atoms with van der Waals surface area (Å²) >= 11 is 0. The highest BCUT2D eigenvalue weighted by atomic mass is 16.3. The molecule has 5 nitrogen and oxygen atoms in total. The van der Waals surface area contributed by atoms with Gasteiger partial charge >= 0.3 is 0 Å². The molecule has 0 saturated heterocycles. The lowest BCUT2D eigenvalue weighted by Gasteiger charge is -2.21. The van der Waals surface area contributed by atoms with Gasteiger partial charge in [-0.05, 0) is 19.3 Å². The SMILES string of the molecule is CCCCN(CCO)c1nnc(CC)c(CC)n1. The molecule has 5 heteroatoms. The zero-order valence-electron chi connectivity index (χ0n) is 11.7. The molecule has 18 heavy (non-hydrogen) atoms. The maximum absolute atomic E-state index is 9.11. The molecule has 0 bridgehead atoms. The molecule has 0 aromatic carbocycles. The Kier molecular flexibility index (Phi) is 6.57. The molecule has 0 aliphatic rings. The molecule has 1 aromatic rings. The fourth-order valence-corrected chi connectivity index (χ4v) is 1.84. The lowest BCUT2D eigenvalue weighted by molar-refractivity contribution is 0.300. The van der Waals surface area contributed by atoms with Crippen LogP contribution in [-0.2, 0) is 12.8 Å². The van der Waals surface area contributed by atoms with Gasteiger partial charge in [0.15, 0.2) is 0 Å². The van der Waals surface area contributed by atoms with Crippen molar-refractivity contribution in [3.63, 3.8) is 0 Å². The summed E-state index contributed by atoms with van der Waals surface area (Å²) in [4.78, 5) is 6.58. The average Bonchev–Trinajstić information content (AvgIpc) is 2.42. The third kappa shape index (κ3) is 3.91. The van der Waals surface area contributed by atoms with E-state index >= 15 is 0 Å². The van der Waals surface area contributed by atoms with E-state index in [-0.39, 0.29) is 6.61 Å².